The Morgan fingerprint density at radius 2 is 1.69 bits per heavy atom. The summed E-state index contributed by atoms with van der Waals surface area (Å²) in [7, 11) is 0. The van der Waals surface area contributed by atoms with Crippen molar-refractivity contribution in [3.63, 3.8) is 0 Å². The van der Waals surface area contributed by atoms with Gasteiger partial charge >= 0.3 is 0 Å². The fourth-order valence-electron chi connectivity index (χ4n) is 2.88. The van der Waals surface area contributed by atoms with Crippen molar-refractivity contribution in [3.05, 3.63) is 77.1 Å². The van der Waals surface area contributed by atoms with Crippen molar-refractivity contribution in [3.8, 4) is 0 Å². The molecule has 1 amide bonds. The highest BCUT2D eigenvalue weighted by Gasteiger charge is 2.20. The van der Waals surface area contributed by atoms with Crippen molar-refractivity contribution in [1.29, 1.82) is 0 Å². The van der Waals surface area contributed by atoms with E-state index < -0.39 is 17.5 Å². The van der Waals surface area contributed by atoms with Gasteiger partial charge in [-0.25, -0.2) is 18.7 Å². The van der Waals surface area contributed by atoms with Crippen LogP contribution in [0.4, 0.5) is 26.1 Å². The average Bonchev–Trinajstić information content (AvgIpc) is 2.63. The Morgan fingerprint density at radius 3 is 2.38 bits per heavy atom. The third-order valence-electron chi connectivity index (χ3n) is 4.25. The van der Waals surface area contributed by atoms with Crippen molar-refractivity contribution >= 4 is 23.2 Å². The lowest BCUT2D eigenvalue weighted by atomic mass is 9.86. The molecule has 29 heavy (non-hydrogen) atoms. The van der Waals surface area contributed by atoms with E-state index in [1.54, 1.807) is 13.0 Å². The molecule has 0 atom stereocenters. The molecule has 1 heterocycles. The number of nitrogens with one attached hydrogen (secondary N) is 2. The summed E-state index contributed by atoms with van der Waals surface area (Å²) in [4.78, 5) is 21.2. The molecule has 2 N–H and O–H groups in total. The molecule has 150 valence electrons. The highest BCUT2D eigenvalue weighted by atomic mass is 19.1. The van der Waals surface area contributed by atoms with Gasteiger partial charge in [0.05, 0.1) is 5.69 Å². The van der Waals surface area contributed by atoms with E-state index in [9.17, 15) is 13.6 Å². The zero-order valence-corrected chi connectivity index (χ0v) is 16.7. The second-order valence-electron chi connectivity index (χ2n) is 7.72. The minimum absolute atomic E-state index is 0.0152. The van der Waals surface area contributed by atoms with Gasteiger partial charge in [0.2, 0.25) is 5.95 Å². The molecule has 1 aromatic heterocycles. The summed E-state index contributed by atoms with van der Waals surface area (Å²) >= 11 is 0. The second kappa shape index (κ2) is 7.95. The van der Waals surface area contributed by atoms with Crippen LogP contribution in [0.3, 0.4) is 0 Å². The van der Waals surface area contributed by atoms with Gasteiger partial charge in [0.1, 0.15) is 17.3 Å². The summed E-state index contributed by atoms with van der Waals surface area (Å²) in [6, 6.07) is 12.2. The molecule has 0 saturated carbocycles. The minimum atomic E-state index is -0.778. The molecular formula is C22H22F2N4O. The van der Waals surface area contributed by atoms with Gasteiger partial charge in [0.15, 0.2) is 0 Å². The zero-order valence-electron chi connectivity index (χ0n) is 16.7. The Kier molecular flexibility index (Phi) is 5.59. The van der Waals surface area contributed by atoms with Crippen LogP contribution in [0, 0.1) is 18.6 Å². The molecule has 7 heteroatoms. The molecule has 2 aromatic carbocycles. The normalized spacial score (nSPS) is 11.2. The van der Waals surface area contributed by atoms with Crippen LogP contribution in [0.15, 0.2) is 48.5 Å². The third kappa shape index (κ3) is 4.93. The number of nitrogens with zero attached hydrogens (tertiary/aromatic N) is 2. The molecule has 0 aliphatic rings. The van der Waals surface area contributed by atoms with Crippen LogP contribution in [0.2, 0.25) is 0 Å². The summed E-state index contributed by atoms with van der Waals surface area (Å²) in [5, 5.41) is 5.58. The van der Waals surface area contributed by atoms with Gasteiger partial charge in [-0.1, -0.05) is 39.0 Å². The number of para-hydroxylation sites is 1. The first-order valence-electron chi connectivity index (χ1n) is 9.12. The number of carbonyl (C=O) groups is 1. The zero-order chi connectivity index (χ0) is 21.2. The van der Waals surface area contributed by atoms with Crippen LogP contribution in [-0.2, 0) is 5.41 Å². The van der Waals surface area contributed by atoms with Crippen LogP contribution in [-0.4, -0.2) is 15.9 Å². The fourth-order valence-corrected chi connectivity index (χ4v) is 2.88. The van der Waals surface area contributed by atoms with E-state index in [0.29, 0.717) is 11.4 Å². The van der Waals surface area contributed by atoms with E-state index in [0.717, 1.165) is 17.7 Å². The molecule has 0 saturated heterocycles. The number of amides is 1. The van der Waals surface area contributed by atoms with E-state index >= 15 is 0 Å². The number of hydrogen-bond acceptors (Lipinski definition) is 4. The maximum absolute atomic E-state index is 13.9. The van der Waals surface area contributed by atoms with E-state index in [-0.39, 0.29) is 22.7 Å². The van der Waals surface area contributed by atoms with Crippen molar-refractivity contribution in [1.82, 2.24) is 9.97 Å². The number of aromatic nitrogens is 2. The standard InChI is InChI=1S/C22H22F2N4O/c1-13-11-19(20(29)26-17-8-6-5-7-15(17)22(2,3)4)28-21(25-13)27-18-10-9-14(23)12-16(18)24/h5-12H,1-4H3,(H,26,29)(H,25,27,28). The van der Waals surface area contributed by atoms with Crippen LogP contribution >= 0.6 is 0 Å². The number of rotatable bonds is 4. The van der Waals surface area contributed by atoms with E-state index in [1.807, 2.05) is 24.3 Å². The monoisotopic (exact) mass is 396 g/mol. The maximum atomic E-state index is 13.9. The smallest absolute Gasteiger partial charge is 0.274 e. The third-order valence-corrected chi connectivity index (χ3v) is 4.25. The summed E-state index contributed by atoms with van der Waals surface area (Å²) in [5.41, 5.74) is 2.20. The number of aryl methyl sites for hydroxylation is 1. The molecule has 5 nitrogen and oxygen atoms in total. The lowest BCUT2D eigenvalue weighted by molar-refractivity contribution is 0.102. The molecular weight excluding hydrogens is 374 g/mol. The fraction of sp³-hybridized carbons (Fsp3) is 0.227. The van der Waals surface area contributed by atoms with E-state index in [4.69, 9.17) is 0 Å². The van der Waals surface area contributed by atoms with Gasteiger partial charge in [-0.3, -0.25) is 4.79 Å². The molecule has 0 bridgehead atoms. The van der Waals surface area contributed by atoms with Gasteiger partial charge in [-0.15, -0.1) is 0 Å². The summed E-state index contributed by atoms with van der Waals surface area (Å²) < 4.78 is 27.0. The first-order valence-corrected chi connectivity index (χ1v) is 9.12. The Bertz CT molecular complexity index is 1060. The Hall–Kier alpha value is -3.35. The highest BCUT2D eigenvalue weighted by Crippen LogP contribution is 2.29. The van der Waals surface area contributed by atoms with Gasteiger partial charge < -0.3 is 10.6 Å². The molecule has 0 aliphatic heterocycles. The predicted molar refractivity (Wildman–Crippen MR) is 110 cm³/mol. The quantitative estimate of drug-likeness (QED) is 0.623. The van der Waals surface area contributed by atoms with Crippen LogP contribution in [0.1, 0.15) is 42.5 Å². The van der Waals surface area contributed by atoms with Crippen molar-refractivity contribution < 1.29 is 13.6 Å². The largest absolute Gasteiger partial charge is 0.322 e. The minimum Gasteiger partial charge on any atom is -0.322 e. The van der Waals surface area contributed by atoms with Gasteiger partial charge in [0, 0.05) is 17.4 Å². The van der Waals surface area contributed by atoms with Gasteiger partial charge in [0.25, 0.3) is 5.91 Å². The molecule has 0 spiro atoms. The van der Waals surface area contributed by atoms with Crippen LogP contribution in [0.5, 0.6) is 0 Å². The highest BCUT2D eigenvalue weighted by molar-refractivity contribution is 6.03. The molecule has 0 aliphatic carbocycles. The topological polar surface area (TPSA) is 66.9 Å². The summed E-state index contributed by atoms with van der Waals surface area (Å²) in [6.45, 7) is 7.89. The molecule has 0 fully saturated rings. The van der Waals surface area contributed by atoms with Crippen LogP contribution < -0.4 is 10.6 Å². The van der Waals surface area contributed by atoms with Gasteiger partial charge in [-0.2, -0.15) is 0 Å². The van der Waals surface area contributed by atoms with E-state index in [1.165, 1.54) is 6.07 Å². The average molecular weight is 396 g/mol. The SMILES string of the molecule is Cc1cc(C(=O)Nc2ccccc2C(C)(C)C)nc(Nc2ccc(F)cc2F)n1. The maximum Gasteiger partial charge on any atom is 0.274 e. The lowest BCUT2D eigenvalue weighted by Crippen LogP contribution is -2.20. The Balaban J connectivity index is 1.87. The molecule has 0 radical (unpaired) electrons. The number of hydrogen-bond donors (Lipinski definition) is 2. The first kappa shape index (κ1) is 20.4. The Morgan fingerprint density at radius 1 is 0.966 bits per heavy atom. The number of benzene rings is 2. The predicted octanol–water partition coefficient (Wildman–Crippen LogP) is 5.36. The van der Waals surface area contributed by atoms with E-state index in [2.05, 4.69) is 41.4 Å². The van der Waals surface area contributed by atoms with Gasteiger partial charge in [-0.05, 0) is 42.2 Å². The van der Waals surface area contributed by atoms with Crippen LogP contribution in [0.25, 0.3) is 0 Å². The van der Waals surface area contributed by atoms with Crippen molar-refractivity contribution in [2.24, 2.45) is 0 Å². The molecule has 3 aromatic rings. The first-order chi connectivity index (χ1) is 13.6. The van der Waals surface area contributed by atoms with Crippen molar-refractivity contribution in [2.45, 2.75) is 33.1 Å². The summed E-state index contributed by atoms with van der Waals surface area (Å²) in [5.74, 6) is -1.82. The summed E-state index contributed by atoms with van der Waals surface area (Å²) in [6.07, 6.45) is 0. The van der Waals surface area contributed by atoms with Crippen molar-refractivity contribution in [2.75, 3.05) is 10.6 Å². The number of carbonyl (C=O) groups excluding carboxylic acids is 1. The lowest BCUT2D eigenvalue weighted by Gasteiger charge is -2.23. The Labute approximate surface area is 168 Å². The molecule has 3 rings (SSSR count). The number of halogens is 2. The second-order valence-corrected chi connectivity index (χ2v) is 7.72. The molecule has 0 unspecified atom stereocenters. The number of anilines is 3.